The van der Waals surface area contributed by atoms with Crippen molar-refractivity contribution in [2.45, 2.75) is 19.6 Å². The third-order valence-corrected chi connectivity index (χ3v) is 3.64. The van der Waals surface area contributed by atoms with E-state index in [1.54, 1.807) is 0 Å². The van der Waals surface area contributed by atoms with Crippen molar-refractivity contribution in [1.82, 2.24) is 19.4 Å². The van der Waals surface area contributed by atoms with Crippen LogP contribution in [0.5, 0.6) is 0 Å². The number of hydrogen-bond donors (Lipinski definition) is 1. The van der Waals surface area contributed by atoms with Gasteiger partial charge in [-0.05, 0) is 18.2 Å². The number of nitrogen functional groups attached to an aromatic ring is 1. The van der Waals surface area contributed by atoms with Gasteiger partial charge in [0.25, 0.3) is 0 Å². The molecule has 4 rings (SSSR count). The molecule has 102 valence electrons. The second-order valence-corrected chi connectivity index (χ2v) is 5.08. The Bertz CT molecular complexity index is 760. The number of imidazole rings is 1. The third kappa shape index (κ3) is 1.94. The minimum atomic E-state index is 0.696. The molecule has 0 bridgehead atoms. The molecule has 0 atom stereocenters. The van der Waals surface area contributed by atoms with Crippen LogP contribution in [0.2, 0.25) is 0 Å². The van der Waals surface area contributed by atoms with Crippen LogP contribution in [0, 0.1) is 0 Å². The molecule has 0 spiro atoms. The van der Waals surface area contributed by atoms with Crippen molar-refractivity contribution in [1.29, 1.82) is 0 Å². The number of benzene rings is 1. The molecule has 1 aliphatic heterocycles. The van der Waals surface area contributed by atoms with Crippen LogP contribution in [0.25, 0.3) is 11.1 Å². The van der Waals surface area contributed by atoms with E-state index in [-0.39, 0.29) is 0 Å². The maximum Gasteiger partial charge on any atom is 0.209 e. The van der Waals surface area contributed by atoms with Crippen molar-refractivity contribution in [3.8, 4) is 0 Å². The van der Waals surface area contributed by atoms with Crippen LogP contribution in [0.3, 0.4) is 0 Å². The molecule has 2 N–H and O–H groups in total. The van der Waals surface area contributed by atoms with E-state index in [9.17, 15) is 0 Å². The monoisotopic (exact) mass is 269 g/mol. The summed E-state index contributed by atoms with van der Waals surface area (Å²) < 4.78 is 7.94. The van der Waals surface area contributed by atoms with Crippen LogP contribution >= 0.6 is 0 Å². The first kappa shape index (κ1) is 11.5. The van der Waals surface area contributed by atoms with Crippen LogP contribution in [0.15, 0.2) is 35.0 Å². The first-order chi connectivity index (χ1) is 9.78. The summed E-state index contributed by atoms with van der Waals surface area (Å²) in [5.74, 6) is 1.82. The van der Waals surface area contributed by atoms with Gasteiger partial charge in [-0.2, -0.15) is 0 Å². The molecule has 3 heterocycles. The summed E-state index contributed by atoms with van der Waals surface area (Å²) in [4.78, 5) is 11.1. The number of aromatic nitrogens is 3. The number of nitrogens with zero attached hydrogens (tertiary/aromatic N) is 4. The Hall–Kier alpha value is -2.34. The number of rotatable bonds is 2. The molecule has 0 aliphatic carbocycles. The second-order valence-electron chi connectivity index (χ2n) is 5.08. The summed E-state index contributed by atoms with van der Waals surface area (Å²) in [6, 6.07) is 5.53. The molecular formula is C14H15N5O. The smallest absolute Gasteiger partial charge is 0.209 e. The number of oxazole rings is 1. The van der Waals surface area contributed by atoms with E-state index in [1.165, 1.54) is 0 Å². The fraction of sp³-hybridized carbons (Fsp3) is 0.286. The van der Waals surface area contributed by atoms with Gasteiger partial charge in [0.1, 0.15) is 11.3 Å². The number of fused-ring (bicyclic) bond motifs is 2. The van der Waals surface area contributed by atoms with Crippen LogP contribution in [0.4, 0.5) is 5.69 Å². The molecule has 0 unspecified atom stereocenters. The van der Waals surface area contributed by atoms with E-state index < -0.39 is 0 Å². The van der Waals surface area contributed by atoms with Gasteiger partial charge in [-0.15, -0.1) is 0 Å². The summed E-state index contributed by atoms with van der Waals surface area (Å²) >= 11 is 0. The Morgan fingerprint density at radius 3 is 3.20 bits per heavy atom. The average molecular weight is 269 g/mol. The van der Waals surface area contributed by atoms with Crippen LogP contribution in [-0.4, -0.2) is 26.0 Å². The standard InChI is InChI=1S/C14H15N5O/c15-10-1-2-12-11(7-10)17-14(20-12)9-18-5-6-19-4-3-16-13(19)8-18/h1-4,7H,5-6,8-9,15H2. The lowest BCUT2D eigenvalue weighted by Crippen LogP contribution is -2.33. The fourth-order valence-corrected chi connectivity index (χ4v) is 2.61. The number of hydrogen-bond acceptors (Lipinski definition) is 5. The fourth-order valence-electron chi connectivity index (χ4n) is 2.61. The highest BCUT2D eigenvalue weighted by Crippen LogP contribution is 2.20. The van der Waals surface area contributed by atoms with E-state index in [0.717, 1.165) is 42.4 Å². The predicted octanol–water partition coefficient (Wildman–Crippen LogP) is 1.62. The molecule has 20 heavy (non-hydrogen) atoms. The normalized spacial score (nSPS) is 15.6. The van der Waals surface area contributed by atoms with E-state index in [4.69, 9.17) is 10.2 Å². The molecule has 2 aromatic heterocycles. The largest absolute Gasteiger partial charge is 0.439 e. The molecule has 0 saturated heterocycles. The second kappa shape index (κ2) is 4.35. The molecule has 6 heteroatoms. The van der Waals surface area contributed by atoms with Gasteiger partial charge in [-0.1, -0.05) is 0 Å². The van der Waals surface area contributed by atoms with E-state index in [0.29, 0.717) is 12.2 Å². The quantitative estimate of drug-likeness (QED) is 0.716. The van der Waals surface area contributed by atoms with Crippen LogP contribution < -0.4 is 5.73 Å². The molecule has 1 aromatic carbocycles. The highest BCUT2D eigenvalue weighted by Gasteiger charge is 2.18. The van der Waals surface area contributed by atoms with Gasteiger partial charge < -0.3 is 14.7 Å². The predicted molar refractivity (Wildman–Crippen MR) is 74.8 cm³/mol. The summed E-state index contributed by atoms with van der Waals surface area (Å²) in [6.07, 6.45) is 3.87. The third-order valence-electron chi connectivity index (χ3n) is 3.64. The molecule has 3 aromatic rings. The van der Waals surface area contributed by atoms with Crippen molar-refractivity contribution in [2.24, 2.45) is 0 Å². The summed E-state index contributed by atoms with van der Waals surface area (Å²) in [6.45, 7) is 3.46. The number of nitrogens with two attached hydrogens (primary N) is 1. The van der Waals surface area contributed by atoms with Gasteiger partial charge in [-0.25, -0.2) is 9.97 Å². The average Bonchev–Trinajstić information content (AvgIpc) is 3.03. The Balaban J connectivity index is 1.56. The van der Waals surface area contributed by atoms with Crippen molar-refractivity contribution in [3.63, 3.8) is 0 Å². The Labute approximate surface area is 115 Å². The minimum absolute atomic E-state index is 0.696. The lowest BCUT2D eigenvalue weighted by Gasteiger charge is -2.26. The van der Waals surface area contributed by atoms with E-state index >= 15 is 0 Å². The SMILES string of the molecule is Nc1ccc2oc(CN3CCn4ccnc4C3)nc2c1. The lowest BCUT2D eigenvalue weighted by atomic mass is 10.3. The van der Waals surface area contributed by atoms with Gasteiger partial charge in [0.2, 0.25) is 5.89 Å². The van der Waals surface area contributed by atoms with Crippen LogP contribution in [0.1, 0.15) is 11.7 Å². The molecule has 0 amide bonds. The molecular weight excluding hydrogens is 254 g/mol. The Morgan fingerprint density at radius 1 is 1.30 bits per heavy atom. The summed E-state index contributed by atoms with van der Waals surface area (Å²) in [5.41, 5.74) is 8.06. The van der Waals surface area contributed by atoms with Gasteiger partial charge >= 0.3 is 0 Å². The zero-order valence-electron chi connectivity index (χ0n) is 11.0. The van der Waals surface area contributed by atoms with Crippen molar-refractivity contribution >= 4 is 16.8 Å². The summed E-state index contributed by atoms with van der Waals surface area (Å²) in [5, 5.41) is 0. The van der Waals surface area contributed by atoms with E-state index in [1.807, 2.05) is 30.6 Å². The van der Waals surface area contributed by atoms with Gasteiger partial charge in [-0.3, -0.25) is 4.90 Å². The molecule has 0 fully saturated rings. The van der Waals surface area contributed by atoms with Gasteiger partial charge in [0.05, 0.1) is 13.1 Å². The maximum absolute atomic E-state index is 5.76. The maximum atomic E-state index is 5.76. The van der Waals surface area contributed by atoms with Crippen molar-refractivity contribution in [3.05, 3.63) is 42.3 Å². The van der Waals surface area contributed by atoms with E-state index in [2.05, 4.69) is 19.4 Å². The molecule has 1 aliphatic rings. The van der Waals surface area contributed by atoms with Crippen molar-refractivity contribution in [2.75, 3.05) is 12.3 Å². The summed E-state index contributed by atoms with van der Waals surface area (Å²) in [7, 11) is 0. The van der Waals surface area contributed by atoms with Crippen LogP contribution in [-0.2, 0) is 19.6 Å². The lowest BCUT2D eigenvalue weighted by molar-refractivity contribution is 0.192. The number of anilines is 1. The van der Waals surface area contributed by atoms with Crippen molar-refractivity contribution < 1.29 is 4.42 Å². The highest BCUT2D eigenvalue weighted by atomic mass is 16.3. The molecule has 0 saturated carbocycles. The van der Waals surface area contributed by atoms with Gasteiger partial charge in [0.15, 0.2) is 5.58 Å². The zero-order chi connectivity index (χ0) is 13.5. The highest BCUT2D eigenvalue weighted by molar-refractivity contribution is 5.76. The molecule has 0 radical (unpaired) electrons. The molecule has 6 nitrogen and oxygen atoms in total. The zero-order valence-corrected chi connectivity index (χ0v) is 11.0. The first-order valence-corrected chi connectivity index (χ1v) is 6.65. The Morgan fingerprint density at radius 2 is 2.25 bits per heavy atom. The Kier molecular flexibility index (Phi) is 2.50. The van der Waals surface area contributed by atoms with Gasteiger partial charge in [0, 0.05) is 31.2 Å². The first-order valence-electron chi connectivity index (χ1n) is 6.65. The topological polar surface area (TPSA) is 73.1 Å². The minimum Gasteiger partial charge on any atom is -0.439 e.